The van der Waals surface area contributed by atoms with E-state index in [-0.39, 0.29) is 0 Å². The van der Waals surface area contributed by atoms with Crippen LogP contribution in [-0.2, 0) is 4.79 Å². The predicted molar refractivity (Wildman–Crippen MR) is 59.3 cm³/mol. The molecular weight excluding hydrogens is 297 g/mol. The number of aliphatic hydroxyl groups is 2. The molecule has 0 fully saturated rings. The van der Waals surface area contributed by atoms with Gasteiger partial charge in [0, 0.05) is 3.57 Å². The van der Waals surface area contributed by atoms with Gasteiger partial charge in [0.05, 0.1) is 0 Å². The minimum atomic E-state index is -1.56. The number of halogens is 1. The lowest BCUT2D eigenvalue weighted by Gasteiger charge is -2.14. The van der Waals surface area contributed by atoms with Crippen LogP contribution in [0.15, 0.2) is 24.3 Å². The van der Waals surface area contributed by atoms with Crippen LogP contribution >= 0.6 is 22.6 Å². The lowest BCUT2D eigenvalue weighted by molar-refractivity contribution is -0.131. The highest BCUT2D eigenvalue weighted by Gasteiger charge is 2.22. The largest absolute Gasteiger partial charge is 0.385 e. The quantitative estimate of drug-likeness (QED) is 0.696. The molecule has 2 unspecified atom stereocenters. The number of aliphatic hydroxyl groups excluding tert-OH is 2. The van der Waals surface area contributed by atoms with Crippen molar-refractivity contribution >= 4 is 28.5 Å². The Morgan fingerprint density at radius 3 is 2.21 bits per heavy atom. The first kappa shape index (κ1) is 11.4. The van der Waals surface area contributed by atoms with Crippen molar-refractivity contribution in [3.8, 4) is 0 Å². The predicted octanol–water partition coefficient (Wildman–Crippen LogP) is 0.171. The van der Waals surface area contributed by atoms with Gasteiger partial charge in [0.2, 0.25) is 5.91 Å². The van der Waals surface area contributed by atoms with Gasteiger partial charge in [-0.25, -0.2) is 0 Å². The molecule has 2 atom stereocenters. The lowest BCUT2D eigenvalue weighted by atomic mass is 10.0. The summed E-state index contributed by atoms with van der Waals surface area (Å²) in [7, 11) is 0. The van der Waals surface area contributed by atoms with Crippen LogP contribution in [0.3, 0.4) is 0 Å². The van der Waals surface area contributed by atoms with Gasteiger partial charge in [0.1, 0.15) is 6.10 Å². The number of hydrogen-bond acceptors (Lipinski definition) is 3. The highest BCUT2D eigenvalue weighted by atomic mass is 127. The maximum atomic E-state index is 10.6. The van der Waals surface area contributed by atoms with Crippen molar-refractivity contribution in [2.75, 3.05) is 0 Å². The number of rotatable bonds is 3. The number of benzene rings is 1. The fourth-order valence-electron chi connectivity index (χ4n) is 0.998. The molecule has 76 valence electrons. The molecule has 5 heteroatoms. The molecule has 1 amide bonds. The number of primary amides is 1. The maximum absolute atomic E-state index is 10.6. The fourth-order valence-corrected chi connectivity index (χ4v) is 1.36. The zero-order valence-corrected chi connectivity index (χ0v) is 9.38. The minimum absolute atomic E-state index is 0.469. The third-order valence-electron chi connectivity index (χ3n) is 1.80. The van der Waals surface area contributed by atoms with Crippen molar-refractivity contribution in [3.63, 3.8) is 0 Å². The molecule has 0 saturated carbocycles. The minimum Gasteiger partial charge on any atom is -0.385 e. The molecule has 14 heavy (non-hydrogen) atoms. The molecule has 1 rings (SSSR count). The van der Waals surface area contributed by atoms with E-state index in [1.54, 1.807) is 24.3 Å². The van der Waals surface area contributed by atoms with E-state index in [4.69, 9.17) is 5.73 Å². The van der Waals surface area contributed by atoms with Gasteiger partial charge in [-0.15, -0.1) is 0 Å². The Bertz CT molecular complexity index is 325. The Hall–Kier alpha value is -0.660. The van der Waals surface area contributed by atoms with E-state index >= 15 is 0 Å². The molecule has 0 aromatic heterocycles. The van der Waals surface area contributed by atoms with Gasteiger partial charge < -0.3 is 15.9 Å². The Morgan fingerprint density at radius 2 is 1.79 bits per heavy atom. The summed E-state index contributed by atoms with van der Waals surface area (Å²) in [5, 5.41) is 18.7. The van der Waals surface area contributed by atoms with Gasteiger partial charge in [-0.2, -0.15) is 0 Å². The molecule has 1 aromatic carbocycles. The third kappa shape index (κ3) is 2.66. The van der Waals surface area contributed by atoms with Gasteiger partial charge in [0.25, 0.3) is 0 Å². The smallest absolute Gasteiger partial charge is 0.249 e. The van der Waals surface area contributed by atoms with Crippen LogP contribution in [0.2, 0.25) is 0 Å². The highest BCUT2D eigenvalue weighted by molar-refractivity contribution is 14.1. The van der Waals surface area contributed by atoms with Crippen LogP contribution in [0.5, 0.6) is 0 Å². The molecule has 0 saturated heterocycles. The van der Waals surface area contributed by atoms with E-state index in [1.807, 2.05) is 0 Å². The van der Waals surface area contributed by atoms with Crippen molar-refractivity contribution in [1.29, 1.82) is 0 Å². The second-order valence-corrected chi connectivity index (χ2v) is 4.09. The van der Waals surface area contributed by atoms with E-state index in [9.17, 15) is 15.0 Å². The highest BCUT2D eigenvalue weighted by Crippen LogP contribution is 2.17. The van der Waals surface area contributed by atoms with E-state index in [0.717, 1.165) is 3.57 Å². The zero-order chi connectivity index (χ0) is 10.7. The van der Waals surface area contributed by atoms with Crippen LogP contribution in [0.1, 0.15) is 11.7 Å². The van der Waals surface area contributed by atoms with Crippen molar-refractivity contribution in [1.82, 2.24) is 0 Å². The van der Waals surface area contributed by atoms with Crippen molar-refractivity contribution < 1.29 is 15.0 Å². The molecule has 0 radical (unpaired) electrons. The third-order valence-corrected chi connectivity index (χ3v) is 2.52. The SMILES string of the molecule is NC(=O)C(O)C(O)c1ccc(I)cc1. The van der Waals surface area contributed by atoms with Gasteiger partial charge in [0.15, 0.2) is 6.10 Å². The molecular formula is C9H10INO3. The van der Waals surface area contributed by atoms with Gasteiger partial charge in [-0.05, 0) is 40.3 Å². The number of carbonyl (C=O) groups is 1. The molecule has 0 bridgehead atoms. The number of hydrogen-bond donors (Lipinski definition) is 3. The van der Waals surface area contributed by atoms with Crippen LogP contribution < -0.4 is 5.73 Å². The average Bonchev–Trinajstić information content (AvgIpc) is 2.16. The van der Waals surface area contributed by atoms with Crippen molar-refractivity contribution in [2.24, 2.45) is 5.73 Å². The summed E-state index contributed by atoms with van der Waals surface area (Å²) in [6.07, 6.45) is -2.82. The molecule has 0 spiro atoms. The van der Waals surface area contributed by atoms with E-state index < -0.39 is 18.1 Å². The standard InChI is InChI=1S/C9H10INO3/c10-6-3-1-5(2-4-6)7(12)8(13)9(11)14/h1-4,7-8,12-13H,(H2,11,14). The Kier molecular flexibility index (Phi) is 3.85. The molecule has 0 aliphatic heterocycles. The van der Waals surface area contributed by atoms with Crippen LogP contribution in [-0.4, -0.2) is 22.2 Å². The molecule has 1 aromatic rings. The first-order chi connectivity index (χ1) is 6.52. The second kappa shape index (κ2) is 4.72. The molecule has 0 aliphatic rings. The van der Waals surface area contributed by atoms with Crippen molar-refractivity contribution in [2.45, 2.75) is 12.2 Å². The van der Waals surface area contributed by atoms with Crippen LogP contribution in [0.4, 0.5) is 0 Å². The zero-order valence-electron chi connectivity index (χ0n) is 7.22. The van der Waals surface area contributed by atoms with E-state index in [1.165, 1.54) is 0 Å². The summed E-state index contributed by atoms with van der Waals surface area (Å²) in [4.78, 5) is 10.6. The van der Waals surface area contributed by atoms with Crippen LogP contribution in [0, 0.1) is 3.57 Å². The normalized spacial score (nSPS) is 14.8. The molecule has 0 aliphatic carbocycles. The van der Waals surface area contributed by atoms with Gasteiger partial charge in [-0.1, -0.05) is 12.1 Å². The summed E-state index contributed by atoms with van der Waals surface area (Å²) >= 11 is 2.11. The molecule has 0 heterocycles. The summed E-state index contributed by atoms with van der Waals surface area (Å²) < 4.78 is 1.01. The van der Waals surface area contributed by atoms with Crippen molar-refractivity contribution in [3.05, 3.63) is 33.4 Å². The monoisotopic (exact) mass is 307 g/mol. The van der Waals surface area contributed by atoms with E-state index in [2.05, 4.69) is 22.6 Å². The first-order valence-electron chi connectivity index (χ1n) is 3.93. The fraction of sp³-hybridized carbons (Fsp3) is 0.222. The first-order valence-corrected chi connectivity index (χ1v) is 5.01. The summed E-state index contributed by atoms with van der Waals surface area (Å²) in [5.74, 6) is -0.934. The number of nitrogens with two attached hydrogens (primary N) is 1. The van der Waals surface area contributed by atoms with Gasteiger partial charge >= 0.3 is 0 Å². The Labute approximate surface area is 94.9 Å². The number of carbonyl (C=O) groups excluding carboxylic acids is 1. The summed E-state index contributed by atoms with van der Waals surface area (Å²) in [6, 6.07) is 6.82. The molecule has 4 nitrogen and oxygen atoms in total. The second-order valence-electron chi connectivity index (χ2n) is 2.84. The van der Waals surface area contributed by atoms with Crippen LogP contribution in [0.25, 0.3) is 0 Å². The maximum Gasteiger partial charge on any atom is 0.249 e. The summed E-state index contributed by atoms with van der Waals surface area (Å²) in [6.45, 7) is 0. The number of amides is 1. The topological polar surface area (TPSA) is 83.6 Å². The van der Waals surface area contributed by atoms with Gasteiger partial charge in [-0.3, -0.25) is 4.79 Å². The molecule has 4 N–H and O–H groups in total. The average molecular weight is 307 g/mol. The lowest BCUT2D eigenvalue weighted by Crippen LogP contribution is -2.33. The Balaban J connectivity index is 2.84. The summed E-state index contributed by atoms with van der Waals surface area (Å²) in [5.41, 5.74) is 5.32. The van der Waals surface area contributed by atoms with E-state index in [0.29, 0.717) is 5.56 Å². The Morgan fingerprint density at radius 1 is 1.29 bits per heavy atom.